The number of hydrogen-bond acceptors (Lipinski definition) is 6. The number of aromatic nitrogens is 4. The van der Waals surface area contributed by atoms with Crippen LogP contribution in [0.1, 0.15) is 34.7 Å². The zero-order chi connectivity index (χ0) is 17.1. The molecule has 2 aromatic rings. The van der Waals surface area contributed by atoms with Crippen molar-refractivity contribution in [1.82, 2.24) is 25.1 Å². The van der Waals surface area contributed by atoms with E-state index < -0.39 is 0 Å². The topological polar surface area (TPSA) is 85.2 Å². The molecule has 8 heteroatoms. The minimum atomic E-state index is -0.257. The van der Waals surface area contributed by atoms with Crippen LogP contribution in [0.4, 0.5) is 5.82 Å². The fraction of sp³-hybridized carbons (Fsp3) is 0.500. The second-order valence-electron chi connectivity index (χ2n) is 5.89. The van der Waals surface area contributed by atoms with E-state index in [-0.39, 0.29) is 12.5 Å². The van der Waals surface area contributed by atoms with Gasteiger partial charge in [0.15, 0.2) is 0 Å². The molecule has 0 saturated carbocycles. The molecule has 0 atom stereocenters. The Hall–Kier alpha value is -2.64. The summed E-state index contributed by atoms with van der Waals surface area (Å²) in [5, 5.41) is 6.91. The fourth-order valence-electron chi connectivity index (χ4n) is 2.83. The molecule has 8 nitrogen and oxygen atoms in total. The SMILES string of the molecule is COc1nn(C)cc1C(=O)NCc1nc(C)cc(N2CCCC2)n1. The zero-order valence-corrected chi connectivity index (χ0v) is 14.2. The summed E-state index contributed by atoms with van der Waals surface area (Å²) in [5.41, 5.74) is 1.29. The molecule has 0 bridgehead atoms. The van der Waals surface area contributed by atoms with Crippen LogP contribution in [-0.2, 0) is 13.6 Å². The molecule has 0 aliphatic carbocycles. The Bertz CT molecular complexity index is 736. The summed E-state index contributed by atoms with van der Waals surface area (Å²) in [7, 11) is 3.23. The maximum absolute atomic E-state index is 12.3. The van der Waals surface area contributed by atoms with Gasteiger partial charge in [-0.3, -0.25) is 9.48 Å². The lowest BCUT2D eigenvalue weighted by Crippen LogP contribution is -2.25. The molecular weight excluding hydrogens is 308 g/mol. The van der Waals surface area contributed by atoms with Gasteiger partial charge in [-0.1, -0.05) is 0 Å². The smallest absolute Gasteiger partial charge is 0.258 e. The van der Waals surface area contributed by atoms with Crippen molar-refractivity contribution < 1.29 is 9.53 Å². The molecule has 1 aliphatic heterocycles. The Morgan fingerprint density at radius 2 is 2.08 bits per heavy atom. The van der Waals surface area contributed by atoms with Crippen molar-refractivity contribution in [2.75, 3.05) is 25.1 Å². The lowest BCUT2D eigenvalue weighted by molar-refractivity contribution is 0.0946. The Labute approximate surface area is 140 Å². The van der Waals surface area contributed by atoms with E-state index in [2.05, 4.69) is 25.3 Å². The van der Waals surface area contributed by atoms with Crippen molar-refractivity contribution in [1.29, 1.82) is 0 Å². The molecule has 1 N–H and O–H groups in total. The largest absolute Gasteiger partial charge is 0.479 e. The molecule has 1 saturated heterocycles. The van der Waals surface area contributed by atoms with E-state index in [1.807, 2.05) is 13.0 Å². The summed E-state index contributed by atoms with van der Waals surface area (Å²) in [4.78, 5) is 23.6. The molecule has 1 fully saturated rings. The number of rotatable bonds is 5. The highest BCUT2D eigenvalue weighted by Gasteiger charge is 2.18. The van der Waals surface area contributed by atoms with Crippen LogP contribution in [0.15, 0.2) is 12.3 Å². The van der Waals surface area contributed by atoms with Crippen LogP contribution in [0, 0.1) is 6.92 Å². The Balaban J connectivity index is 1.70. The molecule has 24 heavy (non-hydrogen) atoms. The van der Waals surface area contributed by atoms with Crippen LogP contribution in [0.5, 0.6) is 5.88 Å². The molecule has 0 unspecified atom stereocenters. The Morgan fingerprint density at radius 3 is 2.79 bits per heavy atom. The van der Waals surface area contributed by atoms with Gasteiger partial charge in [-0.2, -0.15) is 0 Å². The van der Waals surface area contributed by atoms with E-state index in [0.29, 0.717) is 17.3 Å². The van der Waals surface area contributed by atoms with Crippen LogP contribution < -0.4 is 15.0 Å². The standard InChI is InChI=1S/C16H22N6O2/c1-11-8-14(22-6-4-5-7-22)19-13(18-11)9-17-15(23)12-10-21(2)20-16(12)24-3/h8,10H,4-7,9H2,1-3H3,(H,17,23). The summed E-state index contributed by atoms with van der Waals surface area (Å²) in [6.07, 6.45) is 4.01. The molecule has 0 spiro atoms. The Morgan fingerprint density at radius 1 is 1.33 bits per heavy atom. The lowest BCUT2D eigenvalue weighted by atomic mass is 10.3. The maximum Gasteiger partial charge on any atom is 0.258 e. The van der Waals surface area contributed by atoms with Gasteiger partial charge in [-0.15, -0.1) is 5.10 Å². The highest BCUT2D eigenvalue weighted by Crippen LogP contribution is 2.19. The van der Waals surface area contributed by atoms with Crippen molar-refractivity contribution in [3.8, 4) is 5.88 Å². The van der Waals surface area contributed by atoms with Crippen molar-refractivity contribution in [3.05, 3.63) is 29.3 Å². The van der Waals surface area contributed by atoms with Crippen molar-refractivity contribution in [2.24, 2.45) is 7.05 Å². The van der Waals surface area contributed by atoms with Crippen molar-refractivity contribution in [2.45, 2.75) is 26.3 Å². The maximum atomic E-state index is 12.3. The minimum Gasteiger partial charge on any atom is -0.479 e. The van der Waals surface area contributed by atoms with Gasteiger partial charge in [0.2, 0.25) is 5.88 Å². The number of nitrogens with zero attached hydrogens (tertiary/aromatic N) is 5. The Kier molecular flexibility index (Phi) is 4.64. The average Bonchev–Trinajstić information content (AvgIpc) is 3.21. The molecular formula is C16H22N6O2. The normalized spacial score (nSPS) is 14.0. The number of carbonyl (C=O) groups is 1. The van der Waals surface area contributed by atoms with E-state index in [9.17, 15) is 4.79 Å². The number of hydrogen-bond donors (Lipinski definition) is 1. The van der Waals surface area contributed by atoms with E-state index in [1.54, 1.807) is 17.9 Å². The number of carbonyl (C=O) groups excluding carboxylic acids is 1. The van der Waals surface area contributed by atoms with Crippen LogP contribution >= 0.6 is 0 Å². The van der Waals surface area contributed by atoms with Gasteiger partial charge in [-0.25, -0.2) is 9.97 Å². The van der Waals surface area contributed by atoms with E-state index in [1.165, 1.54) is 20.0 Å². The van der Waals surface area contributed by atoms with E-state index in [4.69, 9.17) is 4.74 Å². The van der Waals surface area contributed by atoms with Crippen molar-refractivity contribution in [3.63, 3.8) is 0 Å². The van der Waals surface area contributed by atoms with Gasteiger partial charge >= 0.3 is 0 Å². The van der Waals surface area contributed by atoms with Crippen molar-refractivity contribution >= 4 is 11.7 Å². The van der Waals surface area contributed by atoms with E-state index in [0.717, 1.165) is 24.6 Å². The number of amides is 1. The van der Waals surface area contributed by atoms with Gasteiger partial charge in [0.1, 0.15) is 17.2 Å². The second-order valence-corrected chi connectivity index (χ2v) is 5.89. The quantitative estimate of drug-likeness (QED) is 0.882. The van der Waals surface area contributed by atoms with Crippen LogP contribution in [0.2, 0.25) is 0 Å². The number of nitrogens with one attached hydrogen (secondary N) is 1. The second kappa shape index (κ2) is 6.86. The van der Waals surface area contributed by atoms with Gasteiger partial charge in [0.05, 0.1) is 13.7 Å². The first-order valence-corrected chi connectivity index (χ1v) is 8.02. The highest BCUT2D eigenvalue weighted by atomic mass is 16.5. The average molecular weight is 330 g/mol. The third-order valence-electron chi connectivity index (χ3n) is 3.96. The fourth-order valence-corrected chi connectivity index (χ4v) is 2.83. The van der Waals surface area contributed by atoms with Crippen LogP contribution in [0.3, 0.4) is 0 Å². The monoisotopic (exact) mass is 330 g/mol. The molecule has 1 amide bonds. The summed E-state index contributed by atoms with van der Waals surface area (Å²) in [5.74, 6) is 1.59. The molecule has 3 heterocycles. The van der Waals surface area contributed by atoms with Crippen LogP contribution in [-0.4, -0.2) is 45.9 Å². The first-order valence-electron chi connectivity index (χ1n) is 8.02. The van der Waals surface area contributed by atoms with Gasteiger partial charge in [0, 0.05) is 38.1 Å². The molecule has 2 aromatic heterocycles. The highest BCUT2D eigenvalue weighted by molar-refractivity contribution is 5.96. The number of aryl methyl sites for hydroxylation is 2. The van der Waals surface area contributed by atoms with Gasteiger partial charge in [-0.05, 0) is 19.8 Å². The minimum absolute atomic E-state index is 0.257. The molecule has 3 rings (SSSR count). The first kappa shape index (κ1) is 16.2. The van der Waals surface area contributed by atoms with Crippen LogP contribution in [0.25, 0.3) is 0 Å². The number of ether oxygens (including phenoxy) is 1. The zero-order valence-electron chi connectivity index (χ0n) is 14.2. The summed E-state index contributed by atoms with van der Waals surface area (Å²) >= 11 is 0. The summed E-state index contributed by atoms with van der Waals surface area (Å²) < 4.78 is 6.66. The lowest BCUT2D eigenvalue weighted by Gasteiger charge is -2.17. The summed E-state index contributed by atoms with van der Waals surface area (Å²) in [6.45, 7) is 4.25. The van der Waals surface area contributed by atoms with Gasteiger partial charge < -0.3 is 15.0 Å². The number of anilines is 1. The molecule has 0 radical (unpaired) electrons. The predicted molar refractivity (Wildman–Crippen MR) is 89.1 cm³/mol. The molecule has 0 aromatic carbocycles. The number of methoxy groups -OCH3 is 1. The third-order valence-corrected chi connectivity index (χ3v) is 3.96. The predicted octanol–water partition coefficient (Wildman–Crippen LogP) is 1.06. The third kappa shape index (κ3) is 3.47. The molecule has 128 valence electrons. The van der Waals surface area contributed by atoms with E-state index >= 15 is 0 Å². The summed E-state index contributed by atoms with van der Waals surface area (Å²) in [6, 6.07) is 1.99. The first-order chi connectivity index (χ1) is 11.6. The van der Waals surface area contributed by atoms with Gasteiger partial charge in [0.25, 0.3) is 5.91 Å². The molecule has 1 aliphatic rings.